The molecule has 1 aromatic carbocycles. The molecule has 0 N–H and O–H groups in total. The fourth-order valence-electron chi connectivity index (χ4n) is 2.61. The summed E-state index contributed by atoms with van der Waals surface area (Å²) in [6.45, 7) is 0.725. The van der Waals surface area contributed by atoms with Crippen molar-refractivity contribution < 1.29 is 14.3 Å². The minimum absolute atomic E-state index is 0.00680. The highest BCUT2D eigenvalue weighted by Gasteiger charge is 2.24. The van der Waals surface area contributed by atoms with Crippen LogP contribution in [-0.4, -0.2) is 47.1 Å². The maximum Gasteiger partial charge on any atom is 0.262 e. The van der Waals surface area contributed by atoms with Gasteiger partial charge in [-0.3, -0.25) is 9.48 Å². The topological polar surface area (TPSA) is 56.6 Å². The molecular formula is C17H21N3O3. The average molecular weight is 315 g/mol. The molecule has 1 saturated heterocycles. The monoisotopic (exact) mass is 315 g/mol. The smallest absolute Gasteiger partial charge is 0.262 e. The molecule has 2 aromatic rings. The van der Waals surface area contributed by atoms with Crippen molar-refractivity contribution in [3.05, 3.63) is 36.7 Å². The molecule has 6 nitrogen and oxygen atoms in total. The zero-order valence-corrected chi connectivity index (χ0v) is 13.4. The van der Waals surface area contributed by atoms with Crippen molar-refractivity contribution in [1.29, 1.82) is 0 Å². The maximum atomic E-state index is 12.2. The third kappa shape index (κ3) is 3.71. The van der Waals surface area contributed by atoms with Gasteiger partial charge < -0.3 is 14.4 Å². The lowest BCUT2D eigenvalue weighted by Crippen LogP contribution is -2.39. The summed E-state index contributed by atoms with van der Waals surface area (Å²) in [6.07, 6.45) is 5.51. The Balaban J connectivity index is 1.61. The van der Waals surface area contributed by atoms with Crippen LogP contribution in [0.3, 0.4) is 0 Å². The van der Waals surface area contributed by atoms with Gasteiger partial charge in [-0.15, -0.1) is 0 Å². The van der Waals surface area contributed by atoms with E-state index in [1.165, 1.54) is 0 Å². The number of amides is 1. The van der Waals surface area contributed by atoms with Crippen LogP contribution in [0.5, 0.6) is 5.75 Å². The third-order valence-corrected chi connectivity index (χ3v) is 3.97. The van der Waals surface area contributed by atoms with Gasteiger partial charge in [-0.05, 0) is 30.5 Å². The minimum atomic E-state index is -0.118. The Bertz CT molecular complexity index is 677. The number of likely N-dealkylation sites (N-methyl/N-ethyl adjacent to an activating group) is 1. The Morgan fingerprint density at radius 1 is 1.48 bits per heavy atom. The van der Waals surface area contributed by atoms with Gasteiger partial charge in [-0.25, -0.2) is 0 Å². The molecule has 1 aliphatic heterocycles. The maximum absolute atomic E-state index is 12.2. The van der Waals surface area contributed by atoms with Gasteiger partial charge in [0.1, 0.15) is 12.0 Å². The number of ether oxygens (including phenoxy) is 2. The van der Waals surface area contributed by atoms with Crippen LogP contribution in [0.15, 0.2) is 36.7 Å². The molecule has 1 amide bonds. The molecule has 6 heteroatoms. The van der Waals surface area contributed by atoms with E-state index in [0.29, 0.717) is 5.75 Å². The first kappa shape index (κ1) is 15.6. The molecule has 0 radical (unpaired) electrons. The molecule has 3 rings (SSSR count). The van der Waals surface area contributed by atoms with E-state index in [1.54, 1.807) is 22.8 Å². The van der Waals surface area contributed by atoms with E-state index in [0.717, 1.165) is 30.6 Å². The quantitative estimate of drug-likeness (QED) is 0.847. The van der Waals surface area contributed by atoms with E-state index in [4.69, 9.17) is 9.47 Å². The number of nitrogens with zero attached hydrogens (tertiary/aromatic N) is 3. The summed E-state index contributed by atoms with van der Waals surface area (Å²) in [5, 5.41) is 4.17. The summed E-state index contributed by atoms with van der Waals surface area (Å²) in [5.41, 5.74) is 2.02. The minimum Gasteiger partial charge on any atom is -0.484 e. The Morgan fingerprint density at radius 2 is 2.35 bits per heavy atom. The summed E-state index contributed by atoms with van der Waals surface area (Å²) < 4.78 is 12.9. The number of rotatable bonds is 5. The van der Waals surface area contributed by atoms with Gasteiger partial charge >= 0.3 is 0 Å². The van der Waals surface area contributed by atoms with Gasteiger partial charge in [0.15, 0.2) is 6.61 Å². The van der Waals surface area contributed by atoms with Crippen LogP contribution in [0.1, 0.15) is 12.8 Å². The number of benzene rings is 1. The first-order chi connectivity index (χ1) is 11.1. The number of carbonyl (C=O) groups is 1. The van der Waals surface area contributed by atoms with Crippen LogP contribution in [0, 0.1) is 0 Å². The highest BCUT2D eigenvalue weighted by molar-refractivity contribution is 5.77. The summed E-state index contributed by atoms with van der Waals surface area (Å²) in [4.78, 5) is 13.8. The van der Waals surface area contributed by atoms with Crippen molar-refractivity contribution in [1.82, 2.24) is 14.7 Å². The van der Waals surface area contributed by atoms with Crippen molar-refractivity contribution in [3.63, 3.8) is 0 Å². The standard InChI is InChI=1S/C17H21N3O3/c1-19-11-14(10-18-19)13-5-3-6-15(9-13)23-12-16(21)20(2)17-7-4-8-22-17/h3,5-6,9-11,17H,4,7-8,12H2,1-2H3/t17-/m1/s1. The van der Waals surface area contributed by atoms with E-state index in [2.05, 4.69) is 5.10 Å². The molecule has 1 atom stereocenters. The van der Waals surface area contributed by atoms with E-state index >= 15 is 0 Å². The Labute approximate surface area is 135 Å². The second-order valence-electron chi connectivity index (χ2n) is 5.69. The molecule has 2 heterocycles. The van der Waals surface area contributed by atoms with Crippen LogP contribution in [0.4, 0.5) is 0 Å². The lowest BCUT2D eigenvalue weighted by atomic mass is 10.1. The highest BCUT2D eigenvalue weighted by atomic mass is 16.5. The Kier molecular flexibility index (Phi) is 4.62. The molecule has 0 bridgehead atoms. The van der Waals surface area contributed by atoms with Crippen LogP contribution >= 0.6 is 0 Å². The largest absolute Gasteiger partial charge is 0.484 e. The van der Waals surface area contributed by atoms with Crippen LogP contribution < -0.4 is 4.74 Å². The van der Waals surface area contributed by atoms with Gasteiger partial charge in [0.25, 0.3) is 5.91 Å². The van der Waals surface area contributed by atoms with Crippen molar-refractivity contribution in [2.45, 2.75) is 19.1 Å². The second-order valence-corrected chi connectivity index (χ2v) is 5.69. The number of aromatic nitrogens is 2. The van der Waals surface area contributed by atoms with Gasteiger partial charge in [-0.1, -0.05) is 12.1 Å². The molecule has 23 heavy (non-hydrogen) atoms. The zero-order chi connectivity index (χ0) is 16.2. The summed E-state index contributed by atoms with van der Waals surface area (Å²) in [7, 11) is 3.64. The average Bonchev–Trinajstić information content (AvgIpc) is 3.23. The predicted molar refractivity (Wildman–Crippen MR) is 85.9 cm³/mol. The normalized spacial score (nSPS) is 17.2. The van der Waals surface area contributed by atoms with Gasteiger partial charge in [0.05, 0.1) is 6.20 Å². The number of hydrogen-bond acceptors (Lipinski definition) is 4. The summed E-state index contributed by atoms with van der Waals surface area (Å²) in [5.74, 6) is 0.587. The molecule has 1 fully saturated rings. The molecule has 0 saturated carbocycles. The first-order valence-corrected chi connectivity index (χ1v) is 7.72. The summed E-state index contributed by atoms with van der Waals surface area (Å²) in [6, 6.07) is 7.66. The highest BCUT2D eigenvalue weighted by Crippen LogP contribution is 2.23. The third-order valence-electron chi connectivity index (χ3n) is 3.97. The van der Waals surface area contributed by atoms with Crippen molar-refractivity contribution in [2.24, 2.45) is 7.05 Å². The zero-order valence-electron chi connectivity index (χ0n) is 13.4. The van der Waals surface area contributed by atoms with Crippen molar-refractivity contribution >= 4 is 5.91 Å². The van der Waals surface area contributed by atoms with Crippen molar-refractivity contribution in [2.75, 3.05) is 20.3 Å². The van der Waals surface area contributed by atoms with Crippen LogP contribution in [-0.2, 0) is 16.6 Å². The van der Waals surface area contributed by atoms with Crippen LogP contribution in [0.2, 0.25) is 0 Å². The molecule has 0 spiro atoms. The predicted octanol–water partition coefficient (Wildman–Crippen LogP) is 2.06. The Morgan fingerprint density at radius 3 is 3.04 bits per heavy atom. The lowest BCUT2D eigenvalue weighted by molar-refractivity contribution is -0.141. The number of carbonyl (C=O) groups excluding carboxylic acids is 1. The summed E-state index contributed by atoms with van der Waals surface area (Å²) >= 11 is 0. The molecule has 1 aromatic heterocycles. The van der Waals surface area contributed by atoms with Gasteiger partial charge in [0, 0.05) is 32.5 Å². The molecule has 0 unspecified atom stereocenters. The van der Waals surface area contributed by atoms with Crippen LogP contribution in [0.25, 0.3) is 11.1 Å². The van der Waals surface area contributed by atoms with E-state index in [-0.39, 0.29) is 18.7 Å². The fraction of sp³-hybridized carbons (Fsp3) is 0.412. The molecule has 122 valence electrons. The van der Waals surface area contributed by atoms with Gasteiger partial charge in [-0.2, -0.15) is 5.10 Å². The first-order valence-electron chi connectivity index (χ1n) is 7.72. The molecule has 1 aliphatic rings. The fourth-order valence-corrected chi connectivity index (χ4v) is 2.61. The molecular weight excluding hydrogens is 294 g/mol. The van der Waals surface area contributed by atoms with Gasteiger partial charge in [0.2, 0.25) is 0 Å². The van der Waals surface area contributed by atoms with Crippen molar-refractivity contribution in [3.8, 4) is 16.9 Å². The number of aryl methyl sites for hydroxylation is 1. The van der Waals surface area contributed by atoms with E-state index in [9.17, 15) is 4.79 Å². The van der Waals surface area contributed by atoms with E-state index in [1.807, 2.05) is 37.5 Å². The lowest BCUT2D eigenvalue weighted by Gasteiger charge is -2.23. The van der Waals surface area contributed by atoms with E-state index < -0.39 is 0 Å². The Hall–Kier alpha value is -2.34. The second kappa shape index (κ2) is 6.83. The molecule has 0 aliphatic carbocycles. The number of hydrogen-bond donors (Lipinski definition) is 0. The SMILES string of the molecule is CN(C(=O)COc1cccc(-c2cnn(C)c2)c1)[C@H]1CCCO1.